The minimum Gasteiger partial charge on any atom is -0.452 e. The Kier molecular flexibility index (Phi) is 5.55. The highest BCUT2D eigenvalue weighted by molar-refractivity contribution is 8.00. The number of rotatable bonds is 6. The SMILES string of the molecule is CC(OC(=O)CSc1ccc(Cl)cc1)c1nnc(-c2cccs2)o1. The number of carbonyl (C=O) groups excluding carboxylic acids is 1. The van der Waals surface area contributed by atoms with E-state index in [9.17, 15) is 4.79 Å². The van der Waals surface area contributed by atoms with Gasteiger partial charge in [0.25, 0.3) is 11.8 Å². The minimum absolute atomic E-state index is 0.192. The van der Waals surface area contributed by atoms with Crippen LogP contribution in [0.1, 0.15) is 18.9 Å². The number of hydrogen-bond acceptors (Lipinski definition) is 7. The Hall–Kier alpha value is -1.83. The minimum atomic E-state index is -0.593. The van der Waals surface area contributed by atoms with Crippen LogP contribution in [-0.2, 0) is 9.53 Å². The second kappa shape index (κ2) is 7.83. The Bertz CT molecular complexity index is 803. The van der Waals surface area contributed by atoms with Crippen molar-refractivity contribution in [2.24, 2.45) is 0 Å². The number of esters is 1. The zero-order valence-electron chi connectivity index (χ0n) is 12.6. The van der Waals surface area contributed by atoms with E-state index in [1.807, 2.05) is 29.6 Å². The first-order valence-corrected chi connectivity index (χ1v) is 9.31. The lowest BCUT2D eigenvalue weighted by molar-refractivity contribution is -0.146. The number of halogens is 1. The summed E-state index contributed by atoms with van der Waals surface area (Å²) in [6.07, 6.45) is -0.593. The van der Waals surface area contributed by atoms with E-state index in [1.54, 1.807) is 19.1 Å². The van der Waals surface area contributed by atoms with Crippen LogP contribution in [0.25, 0.3) is 10.8 Å². The third-order valence-electron chi connectivity index (χ3n) is 3.00. The Balaban J connectivity index is 1.53. The molecule has 0 bridgehead atoms. The second-order valence-corrected chi connectivity index (χ2v) is 7.23. The monoisotopic (exact) mass is 380 g/mol. The third-order valence-corrected chi connectivity index (χ3v) is 5.09. The van der Waals surface area contributed by atoms with Gasteiger partial charge in [-0.25, -0.2) is 0 Å². The first-order valence-electron chi connectivity index (χ1n) is 7.07. The van der Waals surface area contributed by atoms with Gasteiger partial charge in [0, 0.05) is 9.92 Å². The highest BCUT2D eigenvalue weighted by atomic mass is 35.5. The van der Waals surface area contributed by atoms with Gasteiger partial charge in [-0.3, -0.25) is 4.79 Å². The molecule has 0 aliphatic rings. The largest absolute Gasteiger partial charge is 0.452 e. The van der Waals surface area contributed by atoms with Gasteiger partial charge in [0.15, 0.2) is 6.10 Å². The molecule has 1 aromatic carbocycles. The van der Waals surface area contributed by atoms with E-state index in [0.717, 1.165) is 9.77 Å². The van der Waals surface area contributed by atoms with Gasteiger partial charge < -0.3 is 9.15 Å². The van der Waals surface area contributed by atoms with Gasteiger partial charge >= 0.3 is 5.97 Å². The summed E-state index contributed by atoms with van der Waals surface area (Å²) in [5, 5.41) is 10.5. The van der Waals surface area contributed by atoms with Gasteiger partial charge in [-0.1, -0.05) is 17.7 Å². The Morgan fingerprint density at radius 1 is 1.33 bits per heavy atom. The molecular weight excluding hydrogens is 368 g/mol. The fourth-order valence-electron chi connectivity index (χ4n) is 1.85. The average molecular weight is 381 g/mol. The fraction of sp³-hybridized carbons (Fsp3) is 0.188. The van der Waals surface area contributed by atoms with Crippen molar-refractivity contribution in [1.82, 2.24) is 10.2 Å². The van der Waals surface area contributed by atoms with Crippen LogP contribution in [0.15, 0.2) is 51.1 Å². The Morgan fingerprint density at radius 2 is 2.12 bits per heavy atom. The highest BCUT2D eigenvalue weighted by Gasteiger charge is 2.19. The number of hydrogen-bond donors (Lipinski definition) is 0. The number of nitrogens with zero attached hydrogens (tertiary/aromatic N) is 2. The first-order chi connectivity index (χ1) is 11.6. The first kappa shape index (κ1) is 17.0. The summed E-state index contributed by atoms with van der Waals surface area (Å²) < 4.78 is 10.9. The molecule has 0 fully saturated rings. The summed E-state index contributed by atoms with van der Waals surface area (Å²) >= 11 is 8.71. The molecule has 5 nitrogen and oxygen atoms in total. The van der Waals surface area contributed by atoms with Crippen molar-refractivity contribution in [3.8, 4) is 10.8 Å². The molecule has 3 aromatic rings. The van der Waals surface area contributed by atoms with Crippen molar-refractivity contribution in [3.05, 3.63) is 52.7 Å². The van der Waals surface area contributed by atoms with E-state index in [2.05, 4.69) is 10.2 Å². The zero-order valence-corrected chi connectivity index (χ0v) is 15.0. The lowest BCUT2D eigenvalue weighted by atomic mass is 10.4. The number of thioether (sulfide) groups is 1. The molecule has 0 saturated carbocycles. The van der Waals surface area contributed by atoms with Crippen LogP contribution < -0.4 is 0 Å². The molecule has 2 aromatic heterocycles. The molecule has 0 aliphatic heterocycles. The number of ether oxygens (including phenoxy) is 1. The fourth-order valence-corrected chi connectivity index (χ4v) is 3.30. The molecule has 0 spiro atoms. The summed E-state index contributed by atoms with van der Waals surface area (Å²) in [4.78, 5) is 13.8. The average Bonchev–Trinajstić information content (AvgIpc) is 3.25. The van der Waals surface area contributed by atoms with E-state index in [1.165, 1.54) is 23.1 Å². The van der Waals surface area contributed by atoms with Crippen molar-refractivity contribution in [2.45, 2.75) is 17.9 Å². The standard InChI is InChI=1S/C16H13ClN2O3S2/c1-10(15-18-19-16(22-15)13-3-2-8-23-13)21-14(20)9-24-12-6-4-11(17)5-7-12/h2-8,10H,9H2,1H3. The molecule has 24 heavy (non-hydrogen) atoms. The maximum Gasteiger partial charge on any atom is 0.317 e. The molecule has 0 saturated heterocycles. The number of thiophene rings is 1. The maximum absolute atomic E-state index is 11.9. The molecular formula is C16H13ClN2O3S2. The molecule has 3 rings (SSSR count). The molecule has 0 amide bonds. The summed E-state index contributed by atoms with van der Waals surface area (Å²) in [6.45, 7) is 1.70. The van der Waals surface area contributed by atoms with E-state index in [0.29, 0.717) is 10.9 Å². The predicted molar refractivity (Wildman–Crippen MR) is 94.3 cm³/mol. The summed E-state index contributed by atoms with van der Waals surface area (Å²) in [6, 6.07) is 11.1. The highest BCUT2D eigenvalue weighted by Crippen LogP contribution is 2.26. The smallest absolute Gasteiger partial charge is 0.317 e. The topological polar surface area (TPSA) is 65.2 Å². The molecule has 1 atom stereocenters. The van der Waals surface area contributed by atoms with Crippen LogP contribution in [0.5, 0.6) is 0 Å². The van der Waals surface area contributed by atoms with Gasteiger partial charge in [0.2, 0.25) is 0 Å². The second-order valence-electron chi connectivity index (χ2n) is 4.80. The molecule has 8 heteroatoms. The van der Waals surface area contributed by atoms with E-state index >= 15 is 0 Å². The van der Waals surface area contributed by atoms with Crippen LogP contribution in [0.4, 0.5) is 0 Å². The van der Waals surface area contributed by atoms with Crippen LogP contribution >= 0.6 is 34.7 Å². The zero-order chi connectivity index (χ0) is 16.9. The molecule has 0 aliphatic carbocycles. The molecule has 2 heterocycles. The van der Waals surface area contributed by atoms with Gasteiger partial charge in [-0.2, -0.15) is 0 Å². The molecule has 0 radical (unpaired) electrons. The predicted octanol–water partition coefficient (Wildman–Crippen LogP) is 4.85. The number of benzene rings is 1. The lowest BCUT2D eigenvalue weighted by Crippen LogP contribution is -2.11. The van der Waals surface area contributed by atoms with Crippen molar-refractivity contribution >= 4 is 40.7 Å². The maximum atomic E-state index is 11.9. The summed E-state index contributed by atoms with van der Waals surface area (Å²) in [5.41, 5.74) is 0. The van der Waals surface area contributed by atoms with E-state index < -0.39 is 6.10 Å². The van der Waals surface area contributed by atoms with Crippen LogP contribution in [0, 0.1) is 0 Å². The van der Waals surface area contributed by atoms with E-state index in [4.69, 9.17) is 20.8 Å². The van der Waals surface area contributed by atoms with E-state index in [-0.39, 0.29) is 17.6 Å². The summed E-state index contributed by atoms with van der Waals surface area (Å²) in [5.74, 6) is 0.553. The molecule has 1 unspecified atom stereocenters. The van der Waals surface area contributed by atoms with Crippen LogP contribution in [0.2, 0.25) is 5.02 Å². The van der Waals surface area contributed by atoms with Crippen molar-refractivity contribution in [2.75, 3.05) is 5.75 Å². The Labute approximate surface area is 152 Å². The van der Waals surface area contributed by atoms with Gasteiger partial charge in [-0.05, 0) is 42.6 Å². The number of aromatic nitrogens is 2. The van der Waals surface area contributed by atoms with Crippen molar-refractivity contribution in [3.63, 3.8) is 0 Å². The lowest BCUT2D eigenvalue weighted by Gasteiger charge is -2.09. The van der Waals surface area contributed by atoms with Crippen LogP contribution in [-0.4, -0.2) is 21.9 Å². The van der Waals surface area contributed by atoms with Gasteiger partial charge in [0.05, 0.1) is 10.6 Å². The number of carbonyl (C=O) groups is 1. The van der Waals surface area contributed by atoms with Crippen molar-refractivity contribution < 1.29 is 13.9 Å². The Morgan fingerprint density at radius 3 is 2.83 bits per heavy atom. The van der Waals surface area contributed by atoms with Gasteiger partial charge in [-0.15, -0.1) is 33.3 Å². The summed E-state index contributed by atoms with van der Waals surface area (Å²) in [7, 11) is 0. The van der Waals surface area contributed by atoms with Crippen molar-refractivity contribution in [1.29, 1.82) is 0 Å². The molecule has 0 N–H and O–H groups in total. The normalized spacial score (nSPS) is 12.1. The molecule has 124 valence electrons. The van der Waals surface area contributed by atoms with Crippen LogP contribution in [0.3, 0.4) is 0 Å². The third kappa shape index (κ3) is 4.37. The quantitative estimate of drug-likeness (QED) is 0.450. The van der Waals surface area contributed by atoms with Gasteiger partial charge in [0.1, 0.15) is 0 Å².